The van der Waals surface area contributed by atoms with E-state index in [4.69, 9.17) is 11.6 Å². The normalized spacial score (nSPS) is 15.0. The molecule has 0 saturated carbocycles. The summed E-state index contributed by atoms with van der Waals surface area (Å²) in [5.41, 5.74) is 0.201. The van der Waals surface area contributed by atoms with Crippen molar-refractivity contribution in [2.75, 3.05) is 5.32 Å². The van der Waals surface area contributed by atoms with Crippen LogP contribution in [0.2, 0.25) is 5.02 Å². The van der Waals surface area contributed by atoms with E-state index in [1.54, 1.807) is 6.92 Å². The zero-order chi connectivity index (χ0) is 20.5. The smallest absolute Gasteiger partial charge is 0.325 e. The van der Waals surface area contributed by atoms with Gasteiger partial charge < -0.3 is 10.3 Å². The molecule has 1 aliphatic carbocycles. The van der Waals surface area contributed by atoms with Gasteiger partial charge in [0.15, 0.2) is 5.16 Å². The van der Waals surface area contributed by atoms with Crippen LogP contribution in [0.1, 0.15) is 36.6 Å². The second-order valence-corrected chi connectivity index (χ2v) is 8.18. The number of hydrogen-bond acceptors (Lipinski definition) is 4. The van der Waals surface area contributed by atoms with E-state index in [-0.39, 0.29) is 11.2 Å². The Morgan fingerprint density at radius 3 is 2.75 bits per heavy atom. The maximum atomic E-state index is 12.9. The molecule has 0 aliphatic heterocycles. The summed E-state index contributed by atoms with van der Waals surface area (Å²) in [6.45, 7) is 1.58. The molecule has 1 unspecified atom stereocenters. The molecule has 1 heterocycles. The molecule has 1 aromatic carbocycles. The number of aromatic amines is 1. The molecule has 0 saturated heterocycles. The lowest BCUT2D eigenvalue weighted by Crippen LogP contribution is -2.25. The van der Waals surface area contributed by atoms with Gasteiger partial charge in [-0.05, 0) is 50.8 Å². The molecule has 1 atom stereocenters. The van der Waals surface area contributed by atoms with Gasteiger partial charge in [0.25, 0.3) is 5.56 Å². The van der Waals surface area contributed by atoms with E-state index < -0.39 is 27.9 Å². The third-order valence-corrected chi connectivity index (χ3v) is 5.68. The van der Waals surface area contributed by atoms with Crippen molar-refractivity contribution in [1.29, 1.82) is 0 Å². The number of alkyl halides is 3. The number of benzene rings is 1. The number of anilines is 1. The summed E-state index contributed by atoms with van der Waals surface area (Å²) in [4.78, 5) is 31.6. The lowest BCUT2D eigenvalue weighted by atomic mass is 9.97. The highest BCUT2D eigenvalue weighted by Crippen LogP contribution is 2.36. The second kappa shape index (κ2) is 8.16. The average Bonchev–Trinajstić information content (AvgIpc) is 2.62. The summed E-state index contributed by atoms with van der Waals surface area (Å²) in [6, 6.07) is 3.17. The molecule has 10 heteroatoms. The maximum Gasteiger partial charge on any atom is 0.417 e. The number of halogens is 4. The van der Waals surface area contributed by atoms with Crippen LogP contribution in [0.5, 0.6) is 0 Å². The molecule has 1 aliphatic rings. The number of carbonyl (C=O) groups excluding carboxylic acids is 1. The van der Waals surface area contributed by atoms with Crippen molar-refractivity contribution in [3.63, 3.8) is 0 Å². The number of carbonyl (C=O) groups is 1. The highest BCUT2D eigenvalue weighted by molar-refractivity contribution is 8.00. The third-order valence-electron chi connectivity index (χ3n) is 4.37. The fraction of sp³-hybridized carbons (Fsp3) is 0.389. The molecule has 2 aromatic rings. The van der Waals surface area contributed by atoms with Crippen molar-refractivity contribution < 1.29 is 18.0 Å². The molecule has 0 fully saturated rings. The van der Waals surface area contributed by atoms with Gasteiger partial charge in [0.1, 0.15) is 0 Å². The molecular weight excluding hydrogens is 415 g/mol. The van der Waals surface area contributed by atoms with Gasteiger partial charge in [-0.2, -0.15) is 13.2 Å². The van der Waals surface area contributed by atoms with Crippen molar-refractivity contribution in [1.82, 2.24) is 9.97 Å². The topological polar surface area (TPSA) is 74.8 Å². The monoisotopic (exact) mass is 431 g/mol. The third kappa shape index (κ3) is 4.70. The van der Waals surface area contributed by atoms with Crippen molar-refractivity contribution in [3.8, 4) is 0 Å². The van der Waals surface area contributed by atoms with Gasteiger partial charge in [-0.15, -0.1) is 0 Å². The van der Waals surface area contributed by atoms with Gasteiger partial charge in [0.05, 0.1) is 21.5 Å². The number of aryl methyl sites for hydroxylation is 1. The molecule has 2 N–H and O–H groups in total. The molecule has 0 bridgehead atoms. The number of thioether (sulfide) groups is 1. The molecular formula is C18H17ClF3N3O2S. The van der Waals surface area contributed by atoms with Crippen LogP contribution in [0.15, 0.2) is 28.2 Å². The van der Waals surface area contributed by atoms with E-state index in [1.807, 2.05) is 0 Å². The molecule has 0 spiro atoms. The number of hydrogen-bond donors (Lipinski definition) is 2. The average molecular weight is 432 g/mol. The molecule has 1 aromatic heterocycles. The maximum absolute atomic E-state index is 12.9. The Bertz CT molecular complexity index is 962. The molecule has 1 amide bonds. The van der Waals surface area contributed by atoms with Crippen LogP contribution in [0.4, 0.5) is 18.9 Å². The first kappa shape index (κ1) is 20.7. The summed E-state index contributed by atoms with van der Waals surface area (Å²) >= 11 is 6.63. The lowest BCUT2D eigenvalue weighted by Gasteiger charge is -2.16. The van der Waals surface area contributed by atoms with Crippen LogP contribution in [-0.2, 0) is 23.8 Å². The summed E-state index contributed by atoms with van der Waals surface area (Å²) in [6.07, 6.45) is -1.30. The zero-order valence-electron chi connectivity index (χ0n) is 14.8. The van der Waals surface area contributed by atoms with Crippen molar-refractivity contribution >= 4 is 35.0 Å². The first-order valence-corrected chi connectivity index (χ1v) is 9.87. The summed E-state index contributed by atoms with van der Waals surface area (Å²) in [5, 5.41) is 1.63. The van der Waals surface area contributed by atoms with Gasteiger partial charge in [-0.25, -0.2) is 4.98 Å². The van der Waals surface area contributed by atoms with E-state index in [0.29, 0.717) is 17.1 Å². The van der Waals surface area contributed by atoms with Gasteiger partial charge >= 0.3 is 6.18 Å². The molecule has 0 radical (unpaired) electrons. The number of nitrogens with one attached hydrogen (secondary N) is 2. The Labute approximate surface area is 168 Å². The zero-order valence-corrected chi connectivity index (χ0v) is 16.4. The van der Waals surface area contributed by atoms with Gasteiger partial charge in [-0.3, -0.25) is 9.59 Å². The lowest BCUT2D eigenvalue weighted by molar-refractivity contribution is -0.137. The Hall–Kier alpha value is -2.00. The number of fused-ring (bicyclic) bond motifs is 1. The van der Waals surface area contributed by atoms with Crippen LogP contribution in [0.25, 0.3) is 0 Å². The van der Waals surface area contributed by atoms with E-state index in [1.165, 1.54) is 6.07 Å². The highest BCUT2D eigenvalue weighted by Gasteiger charge is 2.33. The number of amides is 1. The number of rotatable bonds is 4. The Morgan fingerprint density at radius 1 is 1.32 bits per heavy atom. The summed E-state index contributed by atoms with van der Waals surface area (Å²) < 4.78 is 38.8. The van der Waals surface area contributed by atoms with Crippen LogP contribution >= 0.6 is 23.4 Å². The van der Waals surface area contributed by atoms with E-state index >= 15 is 0 Å². The number of H-pyrrole nitrogens is 1. The quantitative estimate of drug-likeness (QED) is 0.554. The molecule has 3 rings (SSSR count). The number of aromatic nitrogens is 2. The predicted octanol–water partition coefficient (Wildman–Crippen LogP) is 4.44. The minimum absolute atomic E-state index is 0.0129. The fourth-order valence-corrected chi connectivity index (χ4v) is 3.96. The molecule has 28 heavy (non-hydrogen) atoms. The standard InChI is InChI=1S/C18H17ClF3N3O2S/c1-9(28-17-24-14-5-3-2-4-11(14)16(27)25-17)15(26)23-10-6-7-13(19)12(8-10)18(20,21)22/h6-9H,2-5H2,1H3,(H,23,26)(H,24,25,27). The summed E-state index contributed by atoms with van der Waals surface area (Å²) in [5.74, 6) is -0.513. The molecule has 150 valence electrons. The Balaban J connectivity index is 1.72. The van der Waals surface area contributed by atoms with E-state index in [9.17, 15) is 22.8 Å². The van der Waals surface area contributed by atoms with Crippen molar-refractivity contribution in [2.24, 2.45) is 0 Å². The van der Waals surface area contributed by atoms with Crippen molar-refractivity contribution in [2.45, 2.75) is 49.2 Å². The van der Waals surface area contributed by atoms with Crippen LogP contribution in [0, 0.1) is 0 Å². The van der Waals surface area contributed by atoms with Gasteiger partial charge in [0, 0.05) is 11.3 Å². The van der Waals surface area contributed by atoms with Crippen LogP contribution < -0.4 is 10.9 Å². The van der Waals surface area contributed by atoms with Gasteiger partial charge in [0.2, 0.25) is 5.91 Å². The van der Waals surface area contributed by atoms with Crippen molar-refractivity contribution in [3.05, 3.63) is 50.4 Å². The predicted molar refractivity (Wildman–Crippen MR) is 102 cm³/mol. The Kier molecular flexibility index (Phi) is 6.04. The first-order chi connectivity index (χ1) is 13.1. The van der Waals surface area contributed by atoms with E-state index in [0.717, 1.165) is 48.9 Å². The second-order valence-electron chi connectivity index (χ2n) is 6.45. The molecule has 5 nitrogen and oxygen atoms in total. The highest BCUT2D eigenvalue weighted by atomic mass is 35.5. The van der Waals surface area contributed by atoms with Gasteiger partial charge in [-0.1, -0.05) is 23.4 Å². The van der Waals surface area contributed by atoms with Crippen LogP contribution in [0.3, 0.4) is 0 Å². The van der Waals surface area contributed by atoms with Crippen LogP contribution in [-0.4, -0.2) is 21.1 Å². The Morgan fingerprint density at radius 2 is 2.04 bits per heavy atom. The summed E-state index contributed by atoms with van der Waals surface area (Å²) in [7, 11) is 0. The fourth-order valence-electron chi connectivity index (χ4n) is 2.92. The van der Waals surface area contributed by atoms with E-state index in [2.05, 4.69) is 15.3 Å². The SMILES string of the molecule is CC(Sc1nc2c(c(=O)[nH]1)CCCC2)C(=O)Nc1ccc(Cl)c(C(F)(F)F)c1. The first-order valence-electron chi connectivity index (χ1n) is 8.61. The minimum Gasteiger partial charge on any atom is -0.325 e. The minimum atomic E-state index is -4.62. The number of nitrogens with zero attached hydrogens (tertiary/aromatic N) is 1. The largest absolute Gasteiger partial charge is 0.417 e.